The fourth-order valence-corrected chi connectivity index (χ4v) is 2.52. The summed E-state index contributed by atoms with van der Waals surface area (Å²) in [6, 6.07) is 2.01. The molecule has 84 valence electrons. The lowest BCUT2D eigenvalue weighted by atomic mass is 9.98. The Kier molecular flexibility index (Phi) is 3.12. The Balaban J connectivity index is 1.84. The van der Waals surface area contributed by atoms with Crippen LogP contribution in [-0.4, -0.2) is 24.0 Å². The van der Waals surface area contributed by atoms with Crippen molar-refractivity contribution >= 4 is 0 Å². The monoisotopic (exact) mass is 208 g/mol. The summed E-state index contributed by atoms with van der Waals surface area (Å²) in [5.41, 5.74) is 7.60. The lowest BCUT2D eigenvalue weighted by Gasteiger charge is -2.29. The number of likely N-dealkylation sites (N-methyl/N-ethyl adjacent to an activating group) is 1. The molecule has 1 aromatic rings. The standard InChI is InChI=1S/C12H20N2O/c1-14(8-11-4-7-15-9-11)10-12(13)5-2-3-6-12/h4,7,9H,2-3,5-6,8,10,13H2,1H3. The normalized spacial score (nSPS) is 19.9. The molecule has 1 heterocycles. The van der Waals surface area contributed by atoms with Gasteiger partial charge < -0.3 is 15.1 Å². The maximum atomic E-state index is 6.32. The Morgan fingerprint density at radius 1 is 1.47 bits per heavy atom. The highest BCUT2D eigenvalue weighted by molar-refractivity contribution is 5.05. The van der Waals surface area contributed by atoms with Gasteiger partial charge in [-0.1, -0.05) is 12.8 Å². The van der Waals surface area contributed by atoms with Crippen LogP contribution < -0.4 is 5.73 Å². The van der Waals surface area contributed by atoms with Crippen molar-refractivity contribution in [2.75, 3.05) is 13.6 Å². The molecule has 1 aromatic heterocycles. The first-order valence-electron chi connectivity index (χ1n) is 5.66. The van der Waals surface area contributed by atoms with E-state index in [1.54, 1.807) is 12.5 Å². The van der Waals surface area contributed by atoms with E-state index in [0.29, 0.717) is 0 Å². The minimum Gasteiger partial charge on any atom is -0.472 e. The van der Waals surface area contributed by atoms with Crippen LogP contribution >= 0.6 is 0 Å². The SMILES string of the molecule is CN(Cc1ccoc1)CC1(N)CCCC1. The third kappa shape index (κ3) is 2.83. The topological polar surface area (TPSA) is 42.4 Å². The molecule has 0 bridgehead atoms. The fourth-order valence-electron chi connectivity index (χ4n) is 2.52. The first-order chi connectivity index (χ1) is 7.18. The summed E-state index contributed by atoms with van der Waals surface area (Å²) in [7, 11) is 2.12. The predicted octanol–water partition coefficient (Wildman–Crippen LogP) is 1.98. The molecule has 1 aliphatic rings. The zero-order valence-corrected chi connectivity index (χ0v) is 9.41. The van der Waals surface area contributed by atoms with Crippen LogP contribution in [-0.2, 0) is 6.54 Å². The maximum absolute atomic E-state index is 6.32. The number of hydrogen-bond acceptors (Lipinski definition) is 3. The van der Waals surface area contributed by atoms with Gasteiger partial charge in [0, 0.05) is 24.2 Å². The van der Waals surface area contributed by atoms with Gasteiger partial charge in [0.15, 0.2) is 0 Å². The molecule has 0 spiro atoms. The van der Waals surface area contributed by atoms with Gasteiger partial charge in [0.2, 0.25) is 0 Å². The number of nitrogens with two attached hydrogens (primary N) is 1. The van der Waals surface area contributed by atoms with Crippen molar-refractivity contribution in [3.63, 3.8) is 0 Å². The molecule has 3 nitrogen and oxygen atoms in total. The van der Waals surface area contributed by atoms with Gasteiger partial charge in [0.05, 0.1) is 12.5 Å². The predicted molar refractivity (Wildman–Crippen MR) is 60.4 cm³/mol. The molecule has 1 fully saturated rings. The molecule has 0 aromatic carbocycles. The smallest absolute Gasteiger partial charge is 0.0947 e. The molecule has 0 radical (unpaired) electrons. The minimum absolute atomic E-state index is 0.0541. The van der Waals surface area contributed by atoms with Gasteiger partial charge >= 0.3 is 0 Å². The summed E-state index contributed by atoms with van der Waals surface area (Å²) in [4.78, 5) is 2.29. The Hall–Kier alpha value is -0.800. The maximum Gasteiger partial charge on any atom is 0.0947 e. The average Bonchev–Trinajstić information content (AvgIpc) is 2.76. The van der Waals surface area contributed by atoms with Gasteiger partial charge in [0.1, 0.15) is 0 Å². The number of furan rings is 1. The van der Waals surface area contributed by atoms with E-state index in [4.69, 9.17) is 10.2 Å². The summed E-state index contributed by atoms with van der Waals surface area (Å²) in [6.07, 6.45) is 8.43. The highest BCUT2D eigenvalue weighted by atomic mass is 16.3. The van der Waals surface area contributed by atoms with Crippen LogP contribution in [0.5, 0.6) is 0 Å². The molecule has 1 saturated carbocycles. The van der Waals surface area contributed by atoms with E-state index in [0.717, 1.165) is 13.1 Å². The number of nitrogens with zero attached hydrogens (tertiary/aromatic N) is 1. The van der Waals surface area contributed by atoms with E-state index in [1.165, 1.54) is 31.2 Å². The molecule has 0 unspecified atom stereocenters. The Bertz CT molecular complexity index is 289. The fraction of sp³-hybridized carbons (Fsp3) is 0.667. The average molecular weight is 208 g/mol. The van der Waals surface area contributed by atoms with Crippen LogP contribution in [0, 0.1) is 0 Å². The van der Waals surface area contributed by atoms with Crippen LogP contribution in [0.15, 0.2) is 23.0 Å². The van der Waals surface area contributed by atoms with Gasteiger partial charge in [-0.2, -0.15) is 0 Å². The molecule has 0 atom stereocenters. The van der Waals surface area contributed by atoms with Gasteiger partial charge in [0.25, 0.3) is 0 Å². The summed E-state index contributed by atoms with van der Waals surface area (Å²) in [6.45, 7) is 1.91. The zero-order valence-electron chi connectivity index (χ0n) is 9.41. The van der Waals surface area contributed by atoms with Crippen molar-refractivity contribution in [3.05, 3.63) is 24.2 Å². The van der Waals surface area contributed by atoms with E-state index < -0.39 is 0 Å². The van der Waals surface area contributed by atoms with Crippen molar-refractivity contribution in [3.8, 4) is 0 Å². The third-order valence-corrected chi connectivity index (χ3v) is 3.22. The minimum atomic E-state index is 0.0541. The van der Waals surface area contributed by atoms with Gasteiger partial charge in [-0.25, -0.2) is 0 Å². The van der Waals surface area contributed by atoms with Crippen molar-refractivity contribution in [1.29, 1.82) is 0 Å². The summed E-state index contributed by atoms with van der Waals surface area (Å²) >= 11 is 0. The Morgan fingerprint density at radius 3 is 2.80 bits per heavy atom. The van der Waals surface area contributed by atoms with E-state index in [9.17, 15) is 0 Å². The highest BCUT2D eigenvalue weighted by Crippen LogP contribution is 2.27. The first kappa shape index (κ1) is 10.7. The number of rotatable bonds is 4. The Morgan fingerprint density at radius 2 is 2.20 bits per heavy atom. The van der Waals surface area contributed by atoms with E-state index in [2.05, 4.69) is 11.9 Å². The molecular formula is C12H20N2O. The number of hydrogen-bond donors (Lipinski definition) is 1. The van der Waals surface area contributed by atoms with E-state index >= 15 is 0 Å². The van der Waals surface area contributed by atoms with Crippen molar-refractivity contribution < 1.29 is 4.42 Å². The summed E-state index contributed by atoms with van der Waals surface area (Å²) in [5, 5.41) is 0. The van der Waals surface area contributed by atoms with Crippen LogP contribution in [0.3, 0.4) is 0 Å². The van der Waals surface area contributed by atoms with Crippen LogP contribution in [0.25, 0.3) is 0 Å². The lowest BCUT2D eigenvalue weighted by molar-refractivity contribution is 0.241. The molecule has 15 heavy (non-hydrogen) atoms. The van der Waals surface area contributed by atoms with Crippen molar-refractivity contribution in [1.82, 2.24) is 4.90 Å². The molecular weight excluding hydrogens is 188 g/mol. The second-order valence-electron chi connectivity index (χ2n) is 4.87. The molecule has 0 aliphatic heterocycles. The van der Waals surface area contributed by atoms with Gasteiger partial charge in [-0.3, -0.25) is 0 Å². The molecule has 0 saturated heterocycles. The van der Waals surface area contributed by atoms with Crippen molar-refractivity contribution in [2.24, 2.45) is 5.73 Å². The van der Waals surface area contributed by atoms with Crippen LogP contribution in [0.2, 0.25) is 0 Å². The largest absolute Gasteiger partial charge is 0.472 e. The lowest BCUT2D eigenvalue weighted by Crippen LogP contribution is -2.46. The first-order valence-corrected chi connectivity index (χ1v) is 5.66. The van der Waals surface area contributed by atoms with E-state index in [-0.39, 0.29) is 5.54 Å². The van der Waals surface area contributed by atoms with Crippen LogP contribution in [0.4, 0.5) is 0 Å². The second kappa shape index (κ2) is 4.37. The quantitative estimate of drug-likeness (QED) is 0.822. The zero-order chi connectivity index (χ0) is 10.7. The summed E-state index contributed by atoms with van der Waals surface area (Å²) < 4.78 is 5.05. The van der Waals surface area contributed by atoms with Crippen LogP contribution in [0.1, 0.15) is 31.2 Å². The molecule has 1 aliphatic carbocycles. The van der Waals surface area contributed by atoms with E-state index in [1.807, 2.05) is 6.07 Å². The molecule has 3 heteroatoms. The highest BCUT2D eigenvalue weighted by Gasteiger charge is 2.30. The van der Waals surface area contributed by atoms with Gasteiger partial charge in [-0.05, 0) is 26.0 Å². The second-order valence-corrected chi connectivity index (χ2v) is 4.87. The van der Waals surface area contributed by atoms with Crippen molar-refractivity contribution in [2.45, 2.75) is 37.8 Å². The third-order valence-electron chi connectivity index (χ3n) is 3.22. The Labute approximate surface area is 91.2 Å². The molecule has 2 rings (SSSR count). The molecule has 2 N–H and O–H groups in total. The van der Waals surface area contributed by atoms with Gasteiger partial charge in [-0.15, -0.1) is 0 Å². The summed E-state index contributed by atoms with van der Waals surface area (Å²) in [5.74, 6) is 0. The molecule has 0 amide bonds.